The number of hydrogen-bond acceptors (Lipinski definition) is 4. The molecule has 0 saturated heterocycles. The van der Waals surface area contributed by atoms with Crippen molar-refractivity contribution in [2.75, 3.05) is 11.9 Å². The molecule has 0 fully saturated rings. The van der Waals surface area contributed by atoms with Crippen LogP contribution in [-0.2, 0) is 13.0 Å². The fourth-order valence-electron chi connectivity index (χ4n) is 2.44. The minimum atomic E-state index is -0.310. The molecular formula is C20H18ClFN4O. The lowest BCUT2D eigenvalue weighted by atomic mass is 10.1. The minimum Gasteiger partial charge on any atom is -0.368 e. The van der Waals surface area contributed by atoms with Gasteiger partial charge in [-0.05, 0) is 35.7 Å². The van der Waals surface area contributed by atoms with Crippen molar-refractivity contribution in [3.63, 3.8) is 0 Å². The lowest BCUT2D eigenvalue weighted by Crippen LogP contribution is -2.24. The molecule has 0 spiro atoms. The van der Waals surface area contributed by atoms with E-state index in [1.165, 1.54) is 18.5 Å². The van der Waals surface area contributed by atoms with E-state index in [0.717, 1.165) is 5.56 Å². The van der Waals surface area contributed by atoms with Gasteiger partial charge in [-0.3, -0.25) is 4.79 Å². The second-order valence-corrected chi connectivity index (χ2v) is 6.30. The standard InChI is InChI=1S/C20H18ClFN4O/c21-16-7-5-14(6-8-16)11-26-20(27)18-12-25-19(13-24-18)23-10-9-15-3-1-2-4-17(15)22/h1-8,12-13H,9-11H2,(H,23,25)(H,26,27). The van der Waals surface area contributed by atoms with E-state index in [1.54, 1.807) is 30.3 Å². The van der Waals surface area contributed by atoms with E-state index in [9.17, 15) is 9.18 Å². The van der Waals surface area contributed by atoms with E-state index >= 15 is 0 Å². The highest BCUT2D eigenvalue weighted by Crippen LogP contribution is 2.10. The van der Waals surface area contributed by atoms with Crippen molar-refractivity contribution in [3.8, 4) is 0 Å². The summed E-state index contributed by atoms with van der Waals surface area (Å²) in [6.45, 7) is 0.887. The predicted molar refractivity (Wildman–Crippen MR) is 103 cm³/mol. The summed E-state index contributed by atoms with van der Waals surface area (Å²) in [6.07, 6.45) is 3.42. The maximum Gasteiger partial charge on any atom is 0.271 e. The maximum atomic E-state index is 13.6. The van der Waals surface area contributed by atoms with Gasteiger partial charge in [0.2, 0.25) is 0 Å². The average molecular weight is 385 g/mol. The molecule has 0 bridgehead atoms. The first kappa shape index (κ1) is 18.8. The summed E-state index contributed by atoms with van der Waals surface area (Å²) in [6, 6.07) is 13.9. The summed E-state index contributed by atoms with van der Waals surface area (Å²) >= 11 is 5.83. The molecular weight excluding hydrogens is 367 g/mol. The largest absolute Gasteiger partial charge is 0.368 e. The van der Waals surface area contributed by atoms with Crippen LogP contribution in [0, 0.1) is 5.82 Å². The molecule has 1 aromatic heterocycles. The molecule has 27 heavy (non-hydrogen) atoms. The summed E-state index contributed by atoms with van der Waals surface area (Å²) in [5.41, 5.74) is 1.80. The number of anilines is 1. The number of halogens is 2. The third-order valence-corrected chi connectivity index (χ3v) is 4.16. The maximum absolute atomic E-state index is 13.6. The molecule has 0 radical (unpaired) electrons. The molecule has 138 valence electrons. The number of amides is 1. The van der Waals surface area contributed by atoms with Crippen molar-refractivity contribution in [2.24, 2.45) is 0 Å². The van der Waals surface area contributed by atoms with Gasteiger partial charge in [0.05, 0.1) is 12.4 Å². The van der Waals surface area contributed by atoms with Crippen molar-refractivity contribution in [1.82, 2.24) is 15.3 Å². The second kappa shape index (κ2) is 9.09. The van der Waals surface area contributed by atoms with Gasteiger partial charge in [0.1, 0.15) is 17.3 Å². The monoisotopic (exact) mass is 384 g/mol. The fraction of sp³-hybridized carbons (Fsp3) is 0.150. The number of carbonyl (C=O) groups excluding carboxylic acids is 1. The Morgan fingerprint density at radius 1 is 1.04 bits per heavy atom. The number of nitrogens with zero attached hydrogens (tertiary/aromatic N) is 2. The first-order valence-electron chi connectivity index (χ1n) is 8.44. The van der Waals surface area contributed by atoms with Crippen molar-refractivity contribution < 1.29 is 9.18 Å². The molecule has 5 nitrogen and oxygen atoms in total. The van der Waals surface area contributed by atoms with Crippen molar-refractivity contribution in [1.29, 1.82) is 0 Å². The van der Waals surface area contributed by atoms with Crippen molar-refractivity contribution in [2.45, 2.75) is 13.0 Å². The molecule has 1 amide bonds. The van der Waals surface area contributed by atoms with Gasteiger partial charge in [0, 0.05) is 18.1 Å². The van der Waals surface area contributed by atoms with Crippen LogP contribution >= 0.6 is 11.6 Å². The summed E-state index contributed by atoms with van der Waals surface area (Å²) in [5.74, 6) is -0.00552. The first-order valence-corrected chi connectivity index (χ1v) is 8.81. The van der Waals surface area contributed by atoms with Gasteiger partial charge < -0.3 is 10.6 Å². The Bertz CT molecular complexity index is 901. The normalized spacial score (nSPS) is 10.4. The summed E-state index contributed by atoms with van der Waals surface area (Å²) in [7, 11) is 0. The molecule has 1 heterocycles. The Morgan fingerprint density at radius 2 is 1.81 bits per heavy atom. The number of nitrogens with one attached hydrogen (secondary N) is 2. The molecule has 0 atom stereocenters. The molecule has 7 heteroatoms. The van der Waals surface area contributed by atoms with Crippen LogP contribution in [0.2, 0.25) is 5.02 Å². The Kier molecular flexibility index (Phi) is 6.33. The van der Waals surface area contributed by atoms with Gasteiger partial charge in [-0.15, -0.1) is 0 Å². The van der Waals surface area contributed by atoms with Crippen LogP contribution in [0.1, 0.15) is 21.6 Å². The lowest BCUT2D eigenvalue weighted by molar-refractivity contribution is 0.0945. The van der Waals surface area contributed by atoms with E-state index in [0.29, 0.717) is 35.9 Å². The third-order valence-electron chi connectivity index (χ3n) is 3.91. The Hall–Kier alpha value is -2.99. The molecule has 0 aliphatic rings. The predicted octanol–water partition coefficient (Wildman–Crippen LogP) is 3.85. The van der Waals surface area contributed by atoms with Gasteiger partial charge in [0.25, 0.3) is 5.91 Å². The van der Waals surface area contributed by atoms with E-state index in [1.807, 2.05) is 12.1 Å². The molecule has 0 aliphatic carbocycles. The molecule has 3 aromatic rings. The van der Waals surface area contributed by atoms with Gasteiger partial charge in [-0.25, -0.2) is 14.4 Å². The number of benzene rings is 2. The SMILES string of the molecule is O=C(NCc1ccc(Cl)cc1)c1cnc(NCCc2ccccc2F)cn1. The number of rotatable bonds is 7. The van der Waals surface area contributed by atoms with Crippen LogP contribution < -0.4 is 10.6 Å². The Balaban J connectivity index is 1.48. The average Bonchev–Trinajstić information content (AvgIpc) is 2.69. The van der Waals surface area contributed by atoms with Crippen LogP contribution in [-0.4, -0.2) is 22.4 Å². The summed E-state index contributed by atoms with van der Waals surface area (Å²) in [4.78, 5) is 20.4. The van der Waals surface area contributed by atoms with Crippen LogP contribution in [0.25, 0.3) is 0 Å². The van der Waals surface area contributed by atoms with Crippen molar-refractivity contribution >= 4 is 23.3 Å². The van der Waals surface area contributed by atoms with E-state index < -0.39 is 0 Å². The van der Waals surface area contributed by atoms with Crippen LogP contribution in [0.15, 0.2) is 60.9 Å². The number of aromatic nitrogens is 2. The molecule has 2 aromatic carbocycles. The van der Waals surface area contributed by atoms with Crippen LogP contribution in [0.5, 0.6) is 0 Å². The first-order chi connectivity index (χ1) is 13.1. The van der Waals surface area contributed by atoms with Gasteiger partial charge in [0.15, 0.2) is 0 Å². The molecule has 0 aliphatic heterocycles. The second-order valence-electron chi connectivity index (χ2n) is 5.86. The van der Waals surface area contributed by atoms with Gasteiger partial charge >= 0.3 is 0 Å². The fourth-order valence-corrected chi connectivity index (χ4v) is 2.56. The molecule has 3 rings (SSSR count). The highest BCUT2D eigenvalue weighted by atomic mass is 35.5. The van der Waals surface area contributed by atoms with E-state index in [-0.39, 0.29) is 17.4 Å². The summed E-state index contributed by atoms with van der Waals surface area (Å²) < 4.78 is 13.6. The number of hydrogen-bond donors (Lipinski definition) is 2. The smallest absolute Gasteiger partial charge is 0.271 e. The molecule has 0 unspecified atom stereocenters. The summed E-state index contributed by atoms with van der Waals surface area (Å²) in [5, 5.41) is 6.49. The van der Waals surface area contributed by atoms with Crippen molar-refractivity contribution in [3.05, 3.63) is 88.6 Å². The quantitative estimate of drug-likeness (QED) is 0.649. The zero-order chi connectivity index (χ0) is 19.1. The third kappa shape index (κ3) is 5.49. The molecule has 2 N–H and O–H groups in total. The van der Waals surface area contributed by atoms with Crippen LogP contribution in [0.4, 0.5) is 10.2 Å². The topological polar surface area (TPSA) is 66.9 Å². The minimum absolute atomic E-state index is 0.224. The highest BCUT2D eigenvalue weighted by Gasteiger charge is 2.08. The Morgan fingerprint density at radius 3 is 2.52 bits per heavy atom. The zero-order valence-electron chi connectivity index (χ0n) is 14.5. The van der Waals surface area contributed by atoms with E-state index in [2.05, 4.69) is 20.6 Å². The Labute approximate surface area is 161 Å². The highest BCUT2D eigenvalue weighted by molar-refractivity contribution is 6.30. The van der Waals surface area contributed by atoms with Gasteiger partial charge in [-0.1, -0.05) is 41.9 Å². The van der Waals surface area contributed by atoms with E-state index in [4.69, 9.17) is 11.6 Å². The zero-order valence-corrected chi connectivity index (χ0v) is 15.2. The van der Waals surface area contributed by atoms with Gasteiger partial charge in [-0.2, -0.15) is 0 Å². The lowest BCUT2D eigenvalue weighted by Gasteiger charge is -2.08. The number of carbonyl (C=O) groups is 1. The molecule has 0 saturated carbocycles. The van der Waals surface area contributed by atoms with Crippen LogP contribution in [0.3, 0.4) is 0 Å².